The maximum absolute atomic E-state index is 13.1. The van der Waals surface area contributed by atoms with Gasteiger partial charge in [-0.05, 0) is 38.3 Å². The van der Waals surface area contributed by atoms with Crippen molar-refractivity contribution in [2.24, 2.45) is 5.92 Å². The van der Waals surface area contributed by atoms with Crippen molar-refractivity contribution in [3.05, 3.63) is 35.9 Å². The maximum atomic E-state index is 13.1. The van der Waals surface area contributed by atoms with Crippen LogP contribution in [0.5, 0.6) is 0 Å². The highest BCUT2D eigenvalue weighted by molar-refractivity contribution is 5.82. The number of aliphatic hydroxyl groups is 1. The fourth-order valence-electron chi connectivity index (χ4n) is 5.11. The van der Waals surface area contributed by atoms with Crippen molar-refractivity contribution in [2.45, 2.75) is 68.7 Å². The molecule has 2 saturated heterocycles. The molecule has 1 aliphatic carbocycles. The van der Waals surface area contributed by atoms with Crippen LogP contribution in [0, 0.1) is 5.92 Å². The quantitative estimate of drug-likeness (QED) is 0.863. The summed E-state index contributed by atoms with van der Waals surface area (Å²) in [4.78, 5) is 15.4. The van der Waals surface area contributed by atoms with Gasteiger partial charge in [0.25, 0.3) is 0 Å². The summed E-state index contributed by atoms with van der Waals surface area (Å²) in [5.74, 6) is -0.477. The van der Waals surface area contributed by atoms with E-state index < -0.39 is 11.6 Å². The van der Waals surface area contributed by atoms with Crippen LogP contribution in [0.2, 0.25) is 0 Å². The molecule has 1 aromatic carbocycles. The van der Waals surface area contributed by atoms with Gasteiger partial charge in [0.1, 0.15) is 6.10 Å². The van der Waals surface area contributed by atoms with E-state index in [1.165, 1.54) is 6.42 Å². The summed E-state index contributed by atoms with van der Waals surface area (Å²) in [6.45, 7) is 0. The van der Waals surface area contributed by atoms with Crippen LogP contribution >= 0.6 is 0 Å². The van der Waals surface area contributed by atoms with Gasteiger partial charge < -0.3 is 9.84 Å². The minimum atomic E-state index is -1.50. The second-order valence-corrected chi connectivity index (χ2v) is 7.76. The second-order valence-electron chi connectivity index (χ2n) is 7.76. The van der Waals surface area contributed by atoms with Crippen LogP contribution in [0.15, 0.2) is 30.3 Å². The summed E-state index contributed by atoms with van der Waals surface area (Å²) in [6.07, 6.45) is 7.04. The molecule has 4 rings (SSSR count). The number of ether oxygens (including phenoxy) is 1. The normalized spacial score (nSPS) is 32.8. The van der Waals surface area contributed by atoms with Crippen molar-refractivity contribution in [3.8, 4) is 0 Å². The third kappa shape index (κ3) is 2.47. The first-order chi connectivity index (χ1) is 11.6. The Labute approximate surface area is 143 Å². The van der Waals surface area contributed by atoms with Crippen LogP contribution in [0.4, 0.5) is 0 Å². The molecule has 4 nitrogen and oxygen atoms in total. The smallest absolute Gasteiger partial charge is 0.343 e. The average molecular weight is 329 g/mol. The Morgan fingerprint density at radius 1 is 1.17 bits per heavy atom. The third-order valence-corrected chi connectivity index (χ3v) is 6.56. The molecule has 0 radical (unpaired) electrons. The van der Waals surface area contributed by atoms with Gasteiger partial charge in [0.15, 0.2) is 5.60 Å². The molecule has 4 atom stereocenters. The van der Waals surface area contributed by atoms with E-state index >= 15 is 0 Å². The summed E-state index contributed by atoms with van der Waals surface area (Å²) in [6, 6.07) is 10.2. The standard InChI is InChI=1S/C20H27NO3/c1-21-16-11-12-17(21)18(13-16)24-19(22)20(23,15-9-5-6-10-15)14-7-3-2-4-8-14/h2-4,7-8,15-18,23H,5-6,9-13H2,1H3/t16?,17?,18?,20-/m0/s1. The molecule has 2 aliphatic heterocycles. The molecule has 0 amide bonds. The van der Waals surface area contributed by atoms with E-state index in [1.807, 2.05) is 30.3 Å². The number of benzene rings is 1. The lowest BCUT2D eigenvalue weighted by molar-refractivity contribution is -0.180. The topological polar surface area (TPSA) is 49.8 Å². The van der Waals surface area contributed by atoms with Gasteiger partial charge in [-0.1, -0.05) is 43.2 Å². The van der Waals surface area contributed by atoms with Crippen LogP contribution in [-0.2, 0) is 15.1 Å². The Bertz CT molecular complexity index is 598. The molecular weight excluding hydrogens is 302 g/mol. The Morgan fingerprint density at radius 3 is 2.46 bits per heavy atom. The number of hydrogen-bond acceptors (Lipinski definition) is 4. The van der Waals surface area contributed by atoms with Crippen molar-refractivity contribution < 1.29 is 14.6 Å². The number of fused-ring (bicyclic) bond motifs is 2. The molecule has 3 aliphatic rings. The van der Waals surface area contributed by atoms with Crippen molar-refractivity contribution in [3.63, 3.8) is 0 Å². The predicted octanol–water partition coefficient (Wildman–Crippen LogP) is 2.84. The van der Waals surface area contributed by atoms with Crippen molar-refractivity contribution in [1.29, 1.82) is 0 Å². The first-order valence-corrected chi connectivity index (χ1v) is 9.31. The Balaban J connectivity index is 1.58. The van der Waals surface area contributed by atoms with Crippen molar-refractivity contribution >= 4 is 5.97 Å². The van der Waals surface area contributed by atoms with Gasteiger partial charge >= 0.3 is 5.97 Å². The van der Waals surface area contributed by atoms with Gasteiger partial charge in [0, 0.05) is 24.4 Å². The molecule has 1 saturated carbocycles. The number of carbonyl (C=O) groups is 1. The minimum Gasteiger partial charge on any atom is -0.458 e. The molecule has 0 spiro atoms. The SMILES string of the molecule is CN1C2CCC1C(OC(=O)[C@](O)(c1ccccc1)C1CCCC1)C2. The summed E-state index contributed by atoms with van der Waals surface area (Å²) in [5.41, 5.74) is -0.823. The summed E-state index contributed by atoms with van der Waals surface area (Å²) in [7, 11) is 2.12. The lowest BCUT2D eigenvalue weighted by Gasteiger charge is -2.34. The van der Waals surface area contributed by atoms with E-state index in [0.29, 0.717) is 17.6 Å². The number of esters is 1. The fraction of sp³-hybridized carbons (Fsp3) is 0.650. The summed E-state index contributed by atoms with van der Waals surface area (Å²) < 4.78 is 5.92. The van der Waals surface area contributed by atoms with E-state index in [1.54, 1.807) is 0 Å². The van der Waals surface area contributed by atoms with E-state index in [4.69, 9.17) is 4.74 Å². The first kappa shape index (κ1) is 16.1. The van der Waals surface area contributed by atoms with E-state index in [9.17, 15) is 9.90 Å². The highest BCUT2D eigenvalue weighted by Gasteiger charge is 2.52. The molecule has 1 N–H and O–H groups in total. The van der Waals surface area contributed by atoms with Crippen LogP contribution in [0.3, 0.4) is 0 Å². The maximum Gasteiger partial charge on any atom is 0.343 e. The number of rotatable bonds is 4. The minimum absolute atomic E-state index is 0.0382. The number of likely N-dealkylation sites (N-methyl/N-ethyl adjacent to an activating group) is 1. The van der Waals surface area contributed by atoms with Gasteiger partial charge in [-0.3, -0.25) is 4.90 Å². The Hall–Kier alpha value is -1.39. The monoisotopic (exact) mass is 329 g/mol. The van der Waals surface area contributed by atoms with E-state index in [-0.39, 0.29) is 12.0 Å². The van der Waals surface area contributed by atoms with Crippen molar-refractivity contribution in [2.75, 3.05) is 7.05 Å². The van der Waals surface area contributed by atoms with Crippen LogP contribution in [-0.4, -0.2) is 41.2 Å². The summed E-state index contributed by atoms with van der Waals surface area (Å²) in [5, 5.41) is 11.5. The van der Waals surface area contributed by atoms with E-state index in [0.717, 1.165) is 38.5 Å². The average Bonchev–Trinajstić information content (AvgIpc) is 3.32. The van der Waals surface area contributed by atoms with Gasteiger partial charge in [0.05, 0.1) is 0 Å². The third-order valence-electron chi connectivity index (χ3n) is 6.56. The first-order valence-electron chi connectivity index (χ1n) is 9.31. The molecule has 24 heavy (non-hydrogen) atoms. The fourth-order valence-corrected chi connectivity index (χ4v) is 5.11. The zero-order valence-electron chi connectivity index (χ0n) is 14.4. The Morgan fingerprint density at radius 2 is 1.88 bits per heavy atom. The molecule has 2 heterocycles. The van der Waals surface area contributed by atoms with Crippen LogP contribution in [0.1, 0.15) is 50.5 Å². The van der Waals surface area contributed by atoms with Crippen LogP contribution in [0.25, 0.3) is 0 Å². The van der Waals surface area contributed by atoms with Gasteiger partial charge in [-0.25, -0.2) is 4.79 Å². The molecule has 3 unspecified atom stereocenters. The molecule has 1 aromatic rings. The lowest BCUT2D eigenvalue weighted by Crippen LogP contribution is -2.46. The molecule has 4 heteroatoms. The van der Waals surface area contributed by atoms with Crippen molar-refractivity contribution in [1.82, 2.24) is 4.90 Å². The van der Waals surface area contributed by atoms with E-state index in [2.05, 4.69) is 11.9 Å². The van der Waals surface area contributed by atoms with Crippen LogP contribution < -0.4 is 0 Å². The summed E-state index contributed by atoms with van der Waals surface area (Å²) >= 11 is 0. The Kier molecular flexibility index (Phi) is 4.13. The predicted molar refractivity (Wildman–Crippen MR) is 91.4 cm³/mol. The second kappa shape index (κ2) is 6.16. The molecular formula is C20H27NO3. The highest BCUT2D eigenvalue weighted by Crippen LogP contribution is 2.43. The lowest BCUT2D eigenvalue weighted by atomic mass is 9.80. The van der Waals surface area contributed by atoms with Gasteiger partial charge in [-0.15, -0.1) is 0 Å². The number of nitrogens with zero attached hydrogens (tertiary/aromatic N) is 1. The molecule has 2 bridgehead atoms. The highest BCUT2D eigenvalue weighted by atomic mass is 16.6. The molecule has 130 valence electrons. The molecule has 3 fully saturated rings. The molecule has 0 aromatic heterocycles. The van der Waals surface area contributed by atoms with Gasteiger partial charge in [-0.2, -0.15) is 0 Å². The largest absolute Gasteiger partial charge is 0.458 e. The van der Waals surface area contributed by atoms with Gasteiger partial charge in [0.2, 0.25) is 0 Å². The number of carbonyl (C=O) groups excluding carboxylic acids is 1. The zero-order valence-corrected chi connectivity index (χ0v) is 14.4. The number of hydrogen-bond donors (Lipinski definition) is 1. The zero-order chi connectivity index (χ0) is 16.7.